The maximum Gasteiger partial charge on any atom is 0.407 e. The van der Waals surface area contributed by atoms with Crippen molar-refractivity contribution < 1.29 is 24.1 Å². The SMILES string of the molecule is COCCOc1cc2c(Nc3ccc(OC4CCN(C(=O)O)CC4)c(C)c3)ncnc2cn1. The van der Waals surface area contributed by atoms with Crippen LogP contribution in [0.15, 0.2) is 36.8 Å². The Balaban J connectivity index is 1.45. The predicted octanol–water partition coefficient (Wildman–Crippen LogP) is 3.62. The van der Waals surface area contributed by atoms with Crippen molar-refractivity contribution in [2.24, 2.45) is 0 Å². The summed E-state index contributed by atoms with van der Waals surface area (Å²) < 4.78 is 16.8. The van der Waals surface area contributed by atoms with E-state index in [1.165, 1.54) is 11.2 Å². The van der Waals surface area contributed by atoms with Gasteiger partial charge in [0.1, 0.15) is 30.6 Å². The third kappa shape index (κ3) is 5.58. The highest BCUT2D eigenvalue weighted by Gasteiger charge is 2.23. The van der Waals surface area contributed by atoms with E-state index in [1.807, 2.05) is 25.1 Å². The number of piperidine rings is 1. The van der Waals surface area contributed by atoms with Gasteiger partial charge in [0.2, 0.25) is 5.88 Å². The van der Waals surface area contributed by atoms with E-state index in [-0.39, 0.29) is 6.10 Å². The number of nitrogens with one attached hydrogen (secondary N) is 1. The summed E-state index contributed by atoms with van der Waals surface area (Å²) in [6.45, 7) is 3.84. The summed E-state index contributed by atoms with van der Waals surface area (Å²) in [5, 5.41) is 13.2. The van der Waals surface area contributed by atoms with Crippen LogP contribution >= 0.6 is 0 Å². The van der Waals surface area contributed by atoms with E-state index < -0.39 is 6.09 Å². The third-order valence-electron chi connectivity index (χ3n) is 5.48. The van der Waals surface area contributed by atoms with Crippen LogP contribution in [0.2, 0.25) is 0 Å². The first kappa shape index (κ1) is 22.5. The zero-order valence-corrected chi connectivity index (χ0v) is 18.7. The summed E-state index contributed by atoms with van der Waals surface area (Å²) in [6.07, 6.45) is 3.64. The minimum atomic E-state index is -0.873. The van der Waals surface area contributed by atoms with Crippen molar-refractivity contribution in [3.8, 4) is 11.6 Å². The second-order valence-corrected chi connectivity index (χ2v) is 7.80. The molecule has 3 heterocycles. The van der Waals surface area contributed by atoms with Crippen molar-refractivity contribution in [2.75, 3.05) is 38.7 Å². The molecule has 1 saturated heterocycles. The van der Waals surface area contributed by atoms with Crippen LogP contribution in [0.5, 0.6) is 11.6 Å². The highest BCUT2D eigenvalue weighted by atomic mass is 16.5. The maximum absolute atomic E-state index is 11.1. The molecule has 10 nitrogen and oxygen atoms in total. The Morgan fingerprint density at radius 3 is 2.73 bits per heavy atom. The molecule has 3 aromatic rings. The number of carbonyl (C=O) groups is 1. The molecule has 174 valence electrons. The van der Waals surface area contributed by atoms with Gasteiger partial charge in [0.05, 0.1) is 18.3 Å². The first-order valence-corrected chi connectivity index (χ1v) is 10.8. The maximum atomic E-state index is 11.1. The van der Waals surface area contributed by atoms with Crippen LogP contribution in [0.1, 0.15) is 18.4 Å². The Hall–Kier alpha value is -3.66. The van der Waals surface area contributed by atoms with Gasteiger partial charge in [0.15, 0.2) is 0 Å². The summed E-state index contributed by atoms with van der Waals surface area (Å²) in [7, 11) is 1.62. The Kier molecular flexibility index (Phi) is 7.04. The van der Waals surface area contributed by atoms with Crippen LogP contribution in [0, 0.1) is 6.92 Å². The number of hydrogen-bond acceptors (Lipinski definition) is 8. The van der Waals surface area contributed by atoms with Gasteiger partial charge in [0.25, 0.3) is 0 Å². The van der Waals surface area contributed by atoms with Crippen molar-refractivity contribution in [3.05, 3.63) is 42.4 Å². The minimum Gasteiger partial charge on any atom is -0.490 e. The average Bonchev–Trinajstić information content (AvgIpc) is 2.82. The van der Waals surface area contributed by atoms with Gasteiger partial charge in [-0.25, -0.2) is 19.7 Å². The van der Waals surface area contributed by atoms with Crippen LogP contribution in [0.4, 0.5) is 16.3 Å². The molecule has 1 aliphatic rings. The largest absolute Gasteiger partial charge is 0.490 e. The van der Waals surface area contributed by atoms with Crippen LogP contribution in [-0.2, 0) is 4.74 Å². The van der Waals surface area contributed by atoms with E-state index in [0.29, 0.717) is 56.4 Å². The van der Waals surface area contributed by atoms with Crippen LogP contribution in [0.25, 0.3) is 10.9 Å². The molecular weight excluding hydrogens is 426 g/mol. The number of nitrogens with zero attached hydrogens (tertiary/aromatic N) is 4. The number of rotatable bonds is 8. The monoisotopic (exact) mass is 453 g/mol. The number of anilines is 2. The lowest BCUT2D eigenvalue weighted by Gasteiger charge is -2.30. The molecule has 0 aliphatic carbocycles. The Bertz CT molecular complexity index is 1120. The molecular formula is C23H27N5O5. The average molecular weight is 453 g/mol. The first-order valence-electron chi connectivity index (χ1n) is 10.8. The zero-order valence-electron chi connectivity index (χ0n) is 18.7. The van der Waals surface area contributed by atoms with E-state index in [9.17, 15) is 4.79 Å². The molecule has 2 aromatic heterocycles. The Morgan fingerprint density at radius 2 is 2.00 bits per heavy atom. The van der Waals surface area contributed by atoms with Gasteiger partial charge in [-0.3, -0.25) is 0 Å². The Labute approximate surface area is 191 Å². The van der Waals surface area contributed by atoms with E-state index in [1.54, 1.807) is 19.4 Å². The molecule has 33 heavy (non-hydrogen) atoms. The molecule has 0 radical (unpaired) electrons. The summed E-state index contributed by atoms with van der Waals surface area (Å²) in [4.78, 5) is 25.4. The standard InChI is InChI=1S/C23H27N5O5/c1-15-11-16(3-4-20(15)33-17-5-7-28(8-6-17)23(29)30)27-22-18-12-21(32-10-9-31-2)24-13-19(18)25-14-26-22/h3-4,11-14,17H,5-10H2,1-2H3,(H,29,30)(H,25,26,27). The molecule has 0 saturated carbocycles. The van der Waals surface area contributed by atoms with E-state index >= 15 is 0 Å². The fourth-order valence-electron chi connectivity index (χ4n) is 3.69. The fourth-order valence-corrected chi connectivity index (χ4v) is 3.69. The molecule has 2 N–H and O–H groups in total. The summed E-state index contributed by atoms with van der Waals surface area (Å²) in [6, 6.07) is 7.65. The molecule has 4 rings (SSSR count). The fraction of sp³-hybridized carbons (Fsp3) is 0.391. The number of hydrogen-bond donors (Lipinski definition) is 2. The van der Waals surface area contributed by atoms with Crippen molar-refractivity contribution in [3.63, 3.8) is 0 Å². The summed E-state index contributed by atoms with van der Waals surface area (Å²) in [5.41, 5.74) is 2.54. The quantitative estimate of drug-likeness (QED) is 0.493. The predicted molar refractivity (Wildman–Crippen MR) is 122 cm³/mol. The highest BCUT2D eigenvalue weighted by molar-refractivity contribution is 5.90. The van der Waals surface area contributed by atoms with Crippen LogP contribution in [-0.4, -0.2) is 70.6 Å². The lowest BCUT2D eigenvalue weighted by Crippen LogP contribution is -2.41. The number of pyridine rings is 1. The molecule has 0 bridgehead atoms. The highest BCUT2D eigenvalue weighted by Crippen LogP contribution is 2.29. The number of fused-ring (bicyclic) bond motifs is 1. The second-order valence-electron chi connectivity index (χ2n) is 7.80. The zero-order chi connectivity index (χ0) is 23.2. The third-order valence-corrected chi connectivity index (χ3v) is 5.48. The van der Waals surface area contributed by atoms with Gasteiger partial charge < -0.3 is 29.5 Å². The molecule has 0 unspecified atom stereocenters. The van der Waals surface area contributed by atoms with Gasteiger partial charge in [0, 0.05) is 50.2 Å². The molecule has 1 fully saturated rings. The van der Waals surface area contributed by atoms with Gasteiger partial charge in [-0.15, -0.1) is 0 Å². The lowest BCUT2D eigenvalue weighted by atomic mass is 10.1. The number of likely N-dealkylation sites (tertiary alicyclic amines) is 1. The molecule has 1 amide bonds. The molecule has 1 aliphatic heterocycles. The molecule has 10 heteroatoms. The van der Waals surface area contributed by atoms with Gasteiger partial charge >= 0.3 is 6.09 Å². The first-order chi connectivity index (χ1) is 16.0. The van der Waals surface area contributed by atoms with E-state index in [2.05, 4.69) is 20.3 Å². The van der Waals surface area contributed by atoms with Crippen molar-refractivity contribution in [1.82, 2.24) is 19.9 Å². The van der Waals surface area contributed by atoms with E-state index in [0.717, 1.165) is 22.4 Å². The molecule has 0 atom stereocenters. The topological polar surface area (TPSA) is 119 Å². The van der Waals surface area contributed by atoms with Crippen LogP contribution < -0.4 is 14.8 Å². The van der Waals surface area contributed by atoms with Crippen molar-refractivity contribution in [1.29, 1.82) is 0 Å². The van der Waals surface area contributed by atoms with Gasteiger partial charge in [-0.1, -0.05) is 0 Å². The molecule has 1 aromatic carbocycles. The summed E-state index contributed by atoms with van der Waals surface area (Å²) in [5.74, 6) is 1.92. The minimum absolute atomic E-state index is 0.00736. The normalized spacial score (nSPS) is 14.3. The summed E-state index contributed by atoms with van der Waals surface area (Å²) >= 11 is 0. The number of aromatic nitrogens is 3. The number of aryl methyl sites for hydroxylation is 1. The van der Waals surface area contributed by atoms with Gasteiger partial charge in [-0.05, 0) is 30.7 Å². The van der Waals surface area contributed by atoms with Crippen molar-refractivity contribution >= 4 is 28.5 Å². The van der Waals surface area contributed by atoms with Gasteiger partial charge in [-0.2, -0.15) is 0 Å². The van der Waals surface area contributed by atoms with E-state index in [4.69, 9.17) is 19.3 Å². The van der Waals surface area contributed by atoms with Crippen LogP contribution in [0.3, 0.4) is 0 Å². The number of amides is 1. The van der Waals surface area contributed by atoms with Crippen molar-refractivity contribution in [2.45, 2.75) is 25.9 Å². The Morgan fingerprint density at radius 1 is 1.18 bits per heavy atom. The number of ether oxygens (including phenoxy) is 3. The smallest absolute Gasteiger partial charge is 0.407 e. The number of benzene rings is 1. The molecule has 0 spiro atoms. The lowest BCUT2D eigenvalue weighted by molar-refractivity contribution is 0.0891. The number of methoxy groups -OCH3 is 1. The number of carboxylic acid groups (broad SMARTS) is 1. The second kappa shape index (κ2) is 10.3.